The van der Waals surface area contributed by atoms with Crippen LogP contribution in [0, 0.1) is 0 Å². The van der Waals surface area contributed by atoms with Crippen molar-refractivity contribution >= 4 is 29.0 Å². The first kappa shape index (κ1) is 10.4. The Hall–Kier alpha value is -0.730. The van der Waals surface area contributed by atoms with Crippen LogP contribution in [0.4, 0.5) is 0 Å². The Balaban J connectivity index is 3.26. The molecule has 0 saturated heterocycles. The summed E-state index contributed by atoms with van der Waals surface area (Å²) in [5.74, 6) is -0.392. The number of aromatic hydroxyl groups is 1. The highest BCUT2D eigenvalue weighted by Gasteiger charge is 2.13. The number of carbonyl (C=O) groups excluding carboxylic acids is 1. The second kappa shape index (κ2) is 3.99. The number of hydrogen-bond donors (Lipinski definition) is 1. The van der Waals surface area contributed by atoms with Gasteiger partial charge in [0.2, 0.25) is 0 Å². The number of carbonyl (C=O) groups is 1. The Morgan fingerprint density at radius 3 is 2.62 bits per heavy atom. The highest BCUT2D eigenvalue weighted by Crippen LogP contribution is 2.34. The van der Waals surface area contributed by atoms with Gasteiger partial charge in [-0.1, -0.05) is 30.1 Å². The van der Waals surface area contributed by atoms with Crippen LogP contribution in [0.3, 0.4) is 0 Å². The number of Topliss-reactive ketones (excluding diaryl/α,β-unsaturated/α-hetero) is 1. The number of halogens is 2. The molecular weight excluding hydrogens is 211 g/mol. The molecule has 4 heteroatoms. The van der Waals surface area contributed by atoms with Crippen LogP contribution in [0.25, 0.3) is 0 Å². The maximum Gasteiger partial charge on any atom is 0.166 e. The molecule has 0 aliphatic carbocycles. The largest absolute Gasteiger partial charge is 0.506 e. The summed E-state index contributed by atoms with van der Waals surface area (Å²) in [4.78, 5) is 11.2. The van der Waals surface area contributed by atoms with Crippen molar-refractivity contribution in [1.82, 2.24) is 0 Å². The summed E-state index contributed by atoms with van der Waals surface area (Å²) in [7, 11) is 0. The third kappa shape index (κ3) is 1.95. The molecule has 0 bridgehead atoms. The van der Waals surface area contributed by atoms with Gasteiger partial charge in [-0.25, -0.2) is 0 Å². The lowest BCUT2D eigenvalue weighted by Crippen LogP contribution is -1.97. The van der Waals surface area contributed by atoms with E-state index in [-0.39, 0.29) is 27.1 Å². The zero-order valence-corrected chi connectivity index (χ0v) is 8.49. The molecule has 70 valence electrons. The van der Waals surface area contributed by atoms with E-state index in [1.165, 1.54) is 12.1 Å². The highest BCUT2D eigenvalue weighted by atomic mass is 35.5. The van der Waals surface area contributed by atoms with Crippen molar-refractivity contribution in [2.75, 3.05) is 0 Å². The number of hydrogen-bond acceptors (Lipinski definition) is 2. The van der Waals surface area contributed by atoms with Crippen molar-refractivity contribution in [3.8, 4) is 5.75 Å². The highest BCUT2D eigenvalue weighted by molar-refractivity contribution is 6.43. The zero-order valence-electron chi connectivity index (χ0n) is 6.97. The molecule has 0 atom stereocenters. The second-order valence-corrected chi connectivity index (χ2v) is 3.32. The van der Waals surface area contributed by atoms with Crippen LogP contribution < -0.4 is 0 Å². The van der Waals surface area contributed by atoms with Gasteiger partial charge >= 0.3 is 0 Å². The minimum Gasteiger partial charge on any atom is -0.506 e. The molecule has 0 radical (unpaired) electrons. The van der Waals surface area contributed by atoms with Crippen LogP contribution in [-0.2, 0) is 0 Å². The SMILES string of the molecule is CCC(=O)c1ccc(Cl)c(Cl)c1O. The molecule has 0 fully saturated rings. The molecule has 1 N–H and O–H groups in total. The molecule has 0 aliphatic rings. The van der Waals surface area contributed by atoms with E-state index in [2.05, 4.69) is 0 Å². The van der Waals surface area contributed by atoms with Gasteiger partial charge in [0.1, 0.15) is 10.8 Å². The minimum atomic E-state index is -0.235. The molecule has 2 nitrogen and oxygen atoms in total. The van der Waals surface area contributed by atoms with Gasteiger partial charge in [0, 0.05) is 6.42 Å². The van der Waals surface area contributed by atoms with E-state index in [1.54, 1.807) is 6.92 Å². The van der Waals surface area contributed by atoms with E-state index in [0.717, 1.165) is 0 Å². The number of phenols is 1. The molecule has 0 amide bonds. The number of ketones is 1. The molecule has 0 aromatic heterocycles. The summed E-state index contributed by atoms with van der Waals surface area (Å²) in [5.41, 5.74) is 0.219. The topological polar surface area (TPSA) is 37.3 Å². The van der Waals surface area contributed by atoms with Crippen molar-refractivity contribution in [2.24, 2.45) is 0 Å². The third-order valence-electron chi connectivity index (χ3n) is 1.69. The first-order valence-corrected chi connectivity index (χ1v) is 4.53. The van der Waals surface area contributed by atoms with E-state index in [1.807, 2.05) is 0 Å². The molecule has 0 aliphatic heterocycles. The Morgan fingerprint density at radius 2 is 2.08 bits per heavy atom. The van der Waals surface area contributed by atoms with E-state index >= 15 is 0 Å². The van der Waals surface area contributed by atoms with Crippen molar-refractivity contribution < 1.29 is 9.90 Å². The molecule has 0 heterocycles. The maximum absolute atomic E-state index is 11.2. The van der Waals surface area contributed by atoms with Gasteiger partial charge < -0.3 is 5.11 Å². The first-order valence-electron chi connectivity index (χ1n) is 3.78. The fourth-order valence-corrected chi connectivity index (χ4v) is 1.27. The Morgan fingerprint density at radius 1 is 1.46 bits per heavy atom. The predicted molar refractivity (Wildman–Crippen MR) is 52.7 cm³/mol. The van der Waals surface area contributed by atoms with E-state index < -0.39 is 0 Å². The quantitative estimate of drug-likeness (QED) is 0.774. The van der Waals surface area contributed by atoms with Crippen molar-refractivity contribution in [1.29, 1.82) is 0 Å². The van der Waals surface area contributed by atoms with Gasteiger partial charge in [-0.15, -0.1) is 0 Å². The lowest BCUT2D eigenvalue weighted by Gasteiger charge is -2.04. The molecule has 1 aromatic carbocycles. The predicted octanol–water partition coefficient (Wildman–Crippen LogP) is 3.29. The van der Waals surface area contributed by atoms with Crippen LogP contribution in [0.1, 0.15) is 23.7 Å². The normalized spacial score (nSPS) is 10.1. The van der Waals surface area contributed by atoms with Crippen LogP contribution in [0.2, 0.25) is 10.0 Å². The average molecular weight is 219 g/mol. The lowest BCUT2D eigenvalue weighted by molar-refractivity contribution is 0.0985. The van der Waals surface area contributed by atoms with Gasteiger partial charge in [-0.3, -0.25) is 4.79 Å². The zero-order chi connectivity index (χ0) is 10.0. The fourth-order valence-electron chi connectivity index (χ4n) is 0.955. The summed E-state index contributed by atoms with van der Waals surface area (Å²) >= 11 is 11.3. The summed E-state index contributed by atoms with van der Waals surface area (Å²) < 4.78 is 0. The molecule has 1 aromatic rings. The lowest BCUT2D eigenvalue weighted by atomic mass is 10.1. The van der Waals surface area contributed by atoms with Gasteiger partial charge in [-0.05, 0) is 12.1 Å². The standard InChI is InChI=1S/C9H8Cl2O2/c1-2-7(12)5-3-4-6(10)8(11)9(5)13/h3-4,13H,2H2,1H3. The molecular formula is C9H8Cl2O2. The number of rotatable bonds is 2. The molecule has 13 heavy (non-hydrogen) atoms. The van der Waals surface area contributed by atoms with Crippen LogP contribution >= 0.6 is 23.2 Å². The first-order chi connectivity index (χ1) is 6.07. The molecule has 0 unspecified atom stereocenters. The minimum absolute atomic E-state index is 0.0287. The van der Waals surface area contributed by atoms with Gasteiger partial charge in [0.25, 0.3) is 0 Å². The van der Waals surface area contributed by atoms with Crippen LogP contribution in [-0.4, -0.2) is 10.9 Å². The average Bonchev–Trinajstić information content (AvgIpc) is 2.13. The molecule has 1 rings (SSSR count). The Bertz CT molecular complexity index is 348. The Labute approximate surface area is 86.1 Å². The van der Waals surface area contributed by atoms with Gasteiger partial charge in [0.05, 0.1) is 10.6 Å². The number of benzene rings is 1. The molecule has 0 saturated carbocycles. The van der Waals surface area contributed by atoms with Crippen molar-refractivity contribution in [2.45, 2.75) is 13.3 Å². The second-order valence-electron chi connectivity index (χ2n) is 2.53. The molecule has 0 spiro atoms. The summed E-state index contributed by atoms with van der Waals surface area (Å²) in [6.45, 7) is 1.71. The monoisotopic (exact) mass is 218 g/mol. The van der Waals surface area contributed by atoms with E-state index in [0.29, 0.717) is 6.42 Å². The summed E-state index contributed by atoms with van der Waals surface area (Å²) in [6.07, 6.45) is 0.325. The van der Waals surface area contributed by atoms with Crippen molar-refractivity contribution in [3.63, 3.8) is 0 Å². The maximum atomic E-state index is 11.2. The van der Waals surface area contributed by atoms with E-state index in [4.69, 9.17) is 23.2 Å². The Kier molecular flexibility index (Phi) is 3.17. The van der Waals surface area contributed by atoms with E-state index in [9.17, 15) is 9.90 Å². The van der Waals surface area contributed by atoms with Crippen molar-refractivity contribution in [3.05, 3.63) is 27.7 Å². The van der Waals surface area contributed by atoms with Crippen LogP contribution in [0.15, 0.2) is 12.1 Å². The van der Waals surface area contributed by atoms with Gasteiger partial charge in [0.15, 0.2) is 5.78 Å². The van der Waals surface area contributed by atoms with Gasteiger partial charge in [-0.2, -0.15) is 0 Å². The van der Waals surface area contributed by atoms with Crippen LogP contribution in [0.5, 0.6) is 5.75 Å². The third-order valence-corrected chi connectivity index (χ3v) is 2.48. The summed E-state index contributed by atoms with van der Waals surface area (Å²) in [6, 6.07) is 2.96. The summed E-state index contributed by atoms with van der Waals surface area (Å²) in [5, 5.41) is 9.71. The number of phenolic OH excluding ortho intramolecular Hbond substituents is 1. The smallest absolute Gasteiger partial charge is 0.166 e. The fraction of sp³-hybridized carbons (Fsp3) is 0.222.